The molecule has 0 saturated carbocycles. The number of aryl methyl sites for hydroxylation is 3. The van der Waals surface area contributed by atoms with E-state index in [1.807, 2.05) is 11.8 Å². The minimum absolute atomic E-state index is 0.105. The van der Waals surface area contributed by atoms with Crippen LogP contribution in [0, 0.1) is 20.8 Å². The van der Waals surface area contributed by atoms with E-state index in [1.54, 1.807) is 0 Å². The van der Waals surface area contributed by atoms with Crippen molar-refractivity contribution >= 4 is 22.7 Å². The smallest absolute Gasteiger partial charge is 0.0901 e. The van der Waals surface area contributed by atoms with Crippen molar-refractivity contribution in [1.29, 1.82) is 0 Å². The molecule has 0 bridgehead atoms. The van der Waals surface area contributed by atoms with Crippen molar-refractivity contribution in [3.63, 3.8) is 0 Å². The van der Waals surface area contributed by atoms with E-state index < -0.39 is 0 Å². The fourth-order valence-corrected chi connectivity index (χ4v) is 6.51. The number of rotatable bonds is 5. The van der Waals surface area contributed by atoms with Crippen molar-refractivity contribution in [2.24, 2.45) is 0 Å². The second kappa shape index (κ2) is 8.94. The van der Waals surface area contributed by atoms with Gasteiger partial charge >= 0.3 is 0 Å². The average molecular weight is 414 g/mol. The van der Waals surface area contributed by atoms with Gasteiger partial charge in [0.25, 0.3) is 0 Å². The third-order valence-corrected chi connectivity index (χ3v) is 8.50. The summed E-state index contributed by atoms with van der Waals surface area (Å²) < 4.78 is 0. The molecule has 0 aliphatic carbocycles. The van der Waals surface area contributed by atoms with Crippen molar-refractivity contribution in [2.45, 2.75) is 45.2 Å². The van der Waals surface area contributed by atoms with Gasteiger partial charge in [0.05, 0.1) is 10.9 Å². The second-order valence-electron chi connectivity index (χ2n) is 7.22. The van der Waals surface area contributed by atoms with Gasteiger partial charge in [0, 0.05) is 20.9 Å². The lowest BCUT2D eigenvalue weighted by Crippen LogP contribution is -2.08. The summed E-state index contributed by atoms with van der Waals surface area (Å²) in [6, 6.07) is 35.4. The number of hydrogen-bond acceptors (Lipinski definition) is 1. The van der Waals surface area contributed by atoms with Crippen molar-refractivity contribution in [1.82, 2.24) is 0 Å². The highest BCUT2D eigenvalue weighted by molar-refractivity contribution is 7.99. The van der Waals surface area contributed by atoms with Crippen molar-refractivity contribution in [3.8, 4) is 0 Å². The molecule has 0 aliphatic heterocycles. The first-order valence-electron chi connectivity index (χ1n) is 9.82. The minimum atomic E-state index is -0.105. The summed E-state index contributed by atoms with van der Waals surface area (Å²) in [4.78, 5) is 6.72. The van der Waals surface area contributed by atoms with E-state index in [9.17, 15) is 0 Å². The Bertz CT molecular complexity index is 1050. The predicted molar refractivity (Wildman–Crippen MR) is 126 cm³/mol. The van der Waals surface area contributed by atoms with Crippen LogP contribution >= 0.6 is 11.8 Å². The standard InChI is InChI=1S/C27H25S2/c1-20-12-14-23(15-13-20)28-24-16-18-25(19-17-24)29(26-10-6-4-8-21(26)2)27-11-7-5-9-22(27)3/h4-19H,1-3H3/q+1. The number of hydrogen-bond donors (Lipinski definition) is 0. The lowest BCUT2D eigenvalue weighted by atomic mass is 10.2. The Morgan fingerprint density at radius 3 is 1.45 bits per heavy atom. The molecular weight excluding hydrogens is 388 g/mol. The normalized spacial score (nSPS) is 11.0. The van der Waals surface area contributed by atoms with Crippen LogP contribution in [0.5, 0.6) is 0 Å². The molecule has 4 rings (SSSR count). The van der Waals surface area contributed by atoms with E-state index in [0.29, 0.717) is 0 Å². The Hall–Kier alpha value is -2.42. The molecule has 0 aliphatic rings. The second-order valence-corrected chi connectivity index (χ2v) is 10.3. The Morgan fingerprint density at radius 2 is 0.966 bits per heavy atom. The Labute approximate surface area is 181 Å². The predicted octanol–water partition coefficient (Wildman–Crippen LogP) is 7.86. The summed E-state index contributed by atoms with van der Waals surface area (Å²) >= 11 is 1.82. The first-order valence-corrected chi connectivity index (χ1v) is 11.9. The van der Waals surface area contributed by atoms with Gasteiger partial charge in [-0.25, -0.2) is 0 Å². The molecule has 4 aromatic rings. The highest BCUT2D eigenvalue weighted by Gasteiger charge is 2.31. The summed E-state index contributed by atoms with van der Waals surface area (Å²) in [6.45, 7) is 6.56. The lowest BCUT2D eigenvalue weighted by Gasteiger charge is -2.12. The minimum Gasteiger partial charge on any atom is -0.0901 e. The van der Waals surface area contributed by atoms with Gasteiger partial charge in [-0.15, -0.1) is 0 Å². The van der Waals surface area contributed by atoms with Crippen molar-refractivity contribution < 1.29 is 0 Å². The van der Waals surface area contributed by atoms with Crippen LogP contribution < -0.4 is 0 Å². The van der Waals surface area contributed by atoms with E-state index in [2.05, 4.69) is 118 Å². The van der Waals surface area contributed by atoms with Crippen LogP contribution in [-0.2, 0) is 10.9 Å². The van der Waals surface area contributed by atoms with E-state index >= 15 is 0 Å². The maximum atomic E-state index is 2.30. The number of benzene rings is 4. The van der Waals surface area contributed by atoms with Crippen LogP contribution in [-0.4, -0.2) is 0 Å². The SMILES string of the molecule is Cc1ccc(Sc2ccc([S+](c3ccccc3C)c3ccccc3C)cc2)cc1. The van der Waals surface area contributed by atoms with Gasteiger partial charge in [-0.1, -0.05) is 65.9 Å². The highest BCUT2D eigenvalue weighted by atomic mass is 32.2. The largest absolute Gasteiger partial charge is 0.169 e. The van der Waals surface area contributed by atoms with Gasteiger partial charge in [0.1, 0.15) is 0 Å². The molecule has 4 aromatic carbocycles. The molecule has 29 heavy (non-hydrogen) atoms. The van der Waals surface area contributed by atoms with Crippen LogP contribution in [0.2, 0.25) is 0 Å². The van der Waals surface area contributed by atoms with Gasteiger partial charge in [0.2, 0.25) is 0 Å². The first kappa shape index (κ1) is 19.9. The van der Waals surface area contributed by atoms with Crippen LogP contribution in [0.4, 0.5) is 0 Å². The van der Waals surface area contributed by atoms with E-state index in [4.69, 9.17) is 0 Å². The quantitative estimate of drug-likeness (QED) is 0.300. The molecule has 0 radical (unpaired) electrons. The fraction of sp³-hybridized carbons (Fsp3) is 0.111. The zero-order valence-corrected chi connectivity index (χ0v) is 18.7. The fourth-order valence-electron chi connectivity index (χ4n) is 3.33. The summed E-state index contributed by atoms with van der Waals surface area (Å²) in [5, 5.41) is 0. The summed E-state index contributed by atoms with van der Waals surface area (Å²) in [6.07, 6.45) is 0. The Morgan fingerprint density at radius 1 is 0.517 bits per heavy atom. The monoisotopic (exact) mass is 413 g/mol. The molecule has 0 amide bonds. The van der Waals surface area contributed by atoms with Gasteiger partial charge in [-0.2, -0.15) is 0 Å². The molecular formula is C27H25S2+. The molecule has 0 unspecified atom stereocenters. The van der Waals surface area contributed by atoms with Crippen LogP contribution in [0.3, 0.4) is 0 Å². The van der Waals surface area contributed by atoms with Gasteiger partial charge in [0.15, 0.2) is 14.7 Å². The van der Waals surface area contributed by atoms with Crippen LogP contribution in [0.15, 0.2) is 122 Å². The maximum Gasteiger partial charge on any atom is 0.169 e. The molecule has 0 saturated heterocycles. The third kappa shape index (κ3) is 4.60. The van der Waals surface area contributed by atoms with Gasteiger partial charge in [-0.05, 0) is 69.3 Å². The van der Waals surface area contributed by atoms with Crippen molar-refractivity contribution in [3.05, 3.63) is 114 Å². The van der Waals surface area contributed by atoms with E-state index in [0.717, 1.165) is 0 Å². The molecule has 0 atom stereocenters. The average Bonchev–Trinajstić information content (AvgIpc) is 2.74. The molecule has 0 aromatic heterocycles. The molecule has 144 valence electrons. The summed E-state index contributed by atoms with van der Waals surface area (Å²) in [5.41, 5.74) is 3.99. The first-order chi connectivity index (χ1) is 14.1. The van der Waals surface area contributed by atoms with Gasteiger partial charge < -0.3 is 0 Å². The molecule has 0 nitrogen and oxygen atoms in total. The van der Waals surface area contributed by atoms with E-state index in [1.165, 1.54) is 41.2 Å². The van der Waals surface area contributed by atoms with Crippen LogP contribution in [0.25, 0.3) is 0 Å². The lowest BCUT2D eigenvalue weighted by molar-refractivity contribution is 1.21. The molecule has 2 heteroatoms. The third-order valence-electron chi connectivity index (χ3n) is 4.94. The topological polar surface area (TPSA) is 0 Å². The zero-order valence-electron chi connectivity index (χ0n) is 17.1. The van der Waals surface area contributed by atoms with Crippen LogP contribution in [0.1, 0.15) is 16.7 Å². The van der Waals surface area contributed by atoms with Gasteiger partial charge in [-0.3, -0.25) is 0 Å². The Kier molecular flexibility index (Phi) is 6.13. The van der Waals surface area contributed by atoms with E-state index in [-0.39, 0.29) is 10.9 Å². The molecule has 0 fully saturated rings. The summed E-state index contributed by atoms with van der Waals surface area (Å²) in [5.74, 6) is 0. The highest BCUT2D eigenvalue weighted by Crippen LogP contribution is 2.36. The molecule has 0 spiro atoms. The summed E-state index contributed by atoms with van der Waals surface area (Å²) in [7, 11) is -0.105. The Balaban J connectivity index is 1.71. The molecule has 0 N–H and O–H groups in total. The molecule has 0 heterocycles. The maximum absolute atomic E-state index is 2.30. The zero-order chi connectivity index (χ0) is 20.2. The van der Waals surface area contributed by atoms with Crippen molar-refractivity contribution in [2.75, 3.05) is 0 Å².